The molecule has 0 saturated carbocycles. The number of rotatable bonds is 7. The second-order valence-electron chi connectivity index (χ2n) is 5.41. The quantitative estimate of drug-likeness (QED) is 0.450. The van der Waals surface area contributed by atoms with Gasteiger partial charge in [0.25, 0.3) is 0 Å². The molecule has 0 atom stereocenters. The van der Waals surface area contributed by atoms with Crippen molar-refractivity contribution < 1.29 is 9.47 Å². The van der Waals surface area contributed by atoms with Gasteiger partial charge in [-0.3, -0.25) is 5.43 Å². The van der Waals surface area contributed by atoms with Crippen molar-refractivity contribution in [3.8, 4) is 11.5 Å². The third kappa shape index (κ3) is 4.74. The Morgan fingerprint density at radius 1 is 1.23 bits per heavy atom. The molecule has 0 bridgehead atoms. The van der Waals surface area contributed by atoms with Crippen LogP contribution in [-0.2, 0) is 6.61 Å². The fourth-order valence-corrected chi connectivity index (χ4v) is 3.01. The van der Waals surface area contributed by atoms with Gasteiger partial charge >= 0.3 is 0 Å². The summed E-state index contributed by atoms with van der Waals surface area (Å²) in [6, 6.07) is 13.0. The summed E-state index contributed by atoms with van der Waals surface area (Å²) in [5, 5.41) is 7.83. The van der Waals surface area contributed by atoms with Crippen LogP contribution in [-0.4, -0.2) is 18.3 Å². The molecule has 5 nitrogen and oxygen atoms in total. The Kier molecular flexibility index (Phi) is 6.09. The number of aromatic nitrogens is 1. The van der Waals surface area contributed by atoms with Gasteiger partial charge < -0.3 is 9.47 Å². The highest BCUT2D eigenvalue weighted by atomic mass is 35.5. The van der Waals surface area contributed by atoms with Crippen molar-refractivity contribution >= 4 is 34.8 Å². The summed E-state index contributed by atoms with van der Waals surface area (Å²) >= 11 is 7.69. The summed E-state index contributed by atoms with van der Waals surface area (Å²) in [6.45, 7) is 2.38. The molecule has 0 aliphatic carbocycles. The molecular weight excluding hydrogens is 370 g/mol. The van der Waals surface area contributed by atoms with Crippen LogP contribution in [0.1, 0.15) is 16.3 Å². The average Bonchev–Trinajstić information content (AvgIpc) is 3.07. The zero-order valence-corrected chi connectivity index (χ0v) is 16.0. The first-order valence-electron chi connectivity index (χ1n) is 7.91. The molecule has 0 unspecified atom stereocenters. The number of hydrazone groups is 1. The number of nitrogens with one attached hydrogen (secondary N) is 1. The Labute approximate surface area is 161 Å². The Bertz CT molecular complexity index is 911. The molecule has 134 valence electrons. The first-order chi connectivity index (χ1) is 12.7. The number of hydrogen-bond acceptors (Lipinski definition) is 6. The van der Waals surface area contributed by atoms with Gasteiger partial charge in [0.2, 0.25) is 0 Å². The summed E-state index contributed by atoms with van der Waals surface area (Å²) in [4.78, 5) is 4.39. The molecule has 1 heterocycles. The van der Waals surface area contributed by atoms with Crippen LogP contribution in [0.5, 0.6) is 11.5 Å². The topological polar surface area (TPSA) is 55.7 Å². The Morgan fingerprint density at radius 3 is 2.81 bits per heavy atom. The zero-order valence-electron chi connectivity index (χ0n) is 14.4. The molecule has 1 N–H and O–H groups in total. The maximum Gasteiger partial charge on any atom is 0.161 e. The van der Waals surface area contributed by atoms with E-state index in [4.69, 9.17) is 21.1 Å². The van der Waals surface area contributed by atoms with Crippen LogP contribution >= 0.6 is 22.9 Å². The molecule has 0 aliphatic heterocycles. The lowest BCUT2D eigenvalue weighted by Crippen LogP contribution is -1.99. The molecule has 0 aliphatic rings. The second kappa shape index (κ2) is 8.69. The molecule has 3 aromatic rings. The molecule has 26 heavy (non-hydrogen) atoms. The number of nitrogens with zero attached hydrogens (tertiary/aromatic N) is 2. The van der Waals surface area contributed by atoms with E-state index in [1.54, 1.807) is 30.7 Å². The minimum absolute atomic E-state index is 0.405. The molecule has 0 spiro atoms. The van der Waals surface area contributed by atoms with E-state index in [1.165, 1.54) is 0 Å². The molecule has 7 heteroatoms. The van der Waals surface area contributed by atoms with Crippen LogP contribution in [0.25, 0.3) is 0 Å². The standard InChI is InChI=1S/C19H18ClN3O2S/c1-13-22-15(12-26-13)11-25-18-8-7-14(9-19(18)24-2)10-21-23-17-6-4-3-5-16(17)20/h3-10,12,23H,11H2,1-2H3/b21-10-. The van der Waals surface area contributed by atoms with Gasteiger partial charge in [0.1, 0.15) is 6.61 Å². The first kappa shape index (κ1) is 18.2. The van der Waals surface area contributed by atoms with Crippen molar-refractivity contribution in [1.29, 1.82) is 0 Å². The fraction of sp³-hybridized carbons (Fsp3) is 0.158. The lowest BCUT2D eigenvalue weighted by Gasteiger charge is -2.10. The zero-order chi connectivity index (χ0) is 18.4. The second-order valence-corrected chi connectivity index (χ2v) is 6.88. The normalized spacial score (nSPS) is 10.9. The van der Waals surface area contributed by atoms with Gasteiger partial charge in [-0.05, 0) is 42.8 Å². The van der Waals surface area contributed by atoms with E-state index < -0.39 is 0 Å². The summed E-state index contributed by atoms with van der Waals surface area (Å²) in [5.41, 5.74) is 5.45. The Balaban J connectivity index is 1.66. The van der Waals surface area contributed by atoms with Gasteiger partial charge in [-0.2, -0.15) is 5.10 Å². The number of ether oxygens (including phenoxy) is 2. The third-order valence-corrected chi connectivity index (χ3v) is 4.65. The summed E-state index contributed by atoms with van der Waals surface area (Å²) in [6.07, 6.45) is 1.69. The van der Waals surface area contributed by atoms with Crippen LogP contribution in [0.4, 0.5) is 5.69 Å². The monoisotopic (exact) mass is 387 g/mol. The third-order valence-electron chi connectivity index (χ3n) is 3.50. The van der Waals surface area contributed by atoms with Gasteiger partial charge in [-0.1, -0.05) is 23.7 Å². The van der Waals surface area contributed by atoms with Crippen molar-refractivity contribution in [3.05, 3.63) is 69.1 Å². The highest BCUT2D eigenvalue weighted by molar-refractivity contribution is 7.09. The lowest BCUT2D eigenvalue weighted by atomic mass is 10.2. The fourth-order valence-electron chi connectivity index (χ4n) is 2.24. The maximum atomic E-state index is 6.08. The minimum Gasteiger partial charge on any atom is -0.493 e. The highest BCUT2D eigenvalue weighted by Gasteiger charge is 2.07. The number of para-hydroxylation sites is 1. The van der Waals surface area contributed by atoms with Gasteiger partial charge in [0.05, 0.1) is 34.7 Å². The number of thiazole rings is 1. The van der Waals surface area contributed by atoms with E-state index in [1.807, 2.05) is 48.7 Å². The number of halogens is 1. The van der Waals surface area contributed by atoms with Gasteiger partial charge in [-0.15, -0.1) is 11.3 Å². The number of methoxy groups -OCH3 is 1. The van der Waals surface area contributed by atoms with E-state index >= 15 is 0 Å². The Morgan fingerprint density at radius 2 is 2.08 bits per heavy atom. The minimum atomic E-state index is 0.405. The molecule has 3 rings (SSSR count). The van der Waals surface area contributed by atoms with Crippen LogP contribution in [0, 0.1) is 6.92 Å². The summed E-state index contributed by atoms with van der Waals surface area (Å²) < 4.78 is 11.2. The van der Waals surface area contributed by atoms with Gasteiger partial charge in [-0.25, -0.2) is 4.98 Å². The molecule has 0 radical (unpaired) electrons. The van der Waals surface area contributed by atoms with Crippen molar-refractivity contribution in [2.24, 2.45) is 5.10 Å². The number of anilines is 1. The van der Waals surface area contributed by atoms with Crippen LogP contribution in [0.3, 0.4) is 0 Å². The highest BCUT2D eigenvalue weighted by Crippen LogP contribution is 2.28. The summed E-state index contributed by atoms with van der Waals surface area (Å²) in [7, 11) is 1.61. The average molecular weight is 388 g/mol. The number of aryl methyl sites for hydroxylation is 1. The number of hydrogen-bond donors (Lipinski definition) is 1. The predicted octanol–water partition coefficient (Wildman–Crippen LogP) is 5.14. The summed E-state index contributed by atoms with van der Waals surface area (Å²) in [5.74, 6) is 1.30. The predicted molar refractivity (Wildman–Crippen MR) is 107 cm³/mol. The van der Waals surface area contributed by atoms with Crippen molar-refractivity contribution in [2.75, 3.05) is 12.5 Å². The van der Waals surface area contributed by atoms with Crippen LogP contribution < -0.4 is 14.9 Å². The largest absolute Gasteiger partial charge is 0.493 e. The molecule has 0 saturated heterocycles. The Hall–Kier alpha value is -2.57. The van der Waals surface area contributed by atoms with Crippen LogP contribution in [0.15, 0.2) is 52.9 Å². The maximum absolute atomic E-state index is 6.08. The SMILES string of the molecule is COc1cc(/C=N\Nc2ccccc2Cl)ccc1OCc1csc(C)n1. The van der Waals surface area contributed by atoms with Crippen molar-refractivity contribution in [1.82, 2.24) is 4.98 Å². The lowest BCUT2D eigenvalue weighted by molar-refractivity contribution is 0.281. The van der Waals surface area contributed by atoms with E-state index in [-0.39, 0.29) is 0 Å². The van der Waals surface area contributed by atoms with E-state index in [9.17, 15) is 0 Å². The molecule has 2 aromatic carbocycles. The molecule has 1 aromatic heterocycles. The number of benzene rings is 2. The van der Waals surface area contributed by atoms with Gasteiger partial charge in [0, 0.05) is 5.38 Å². The molecular formula is C19H18ClN3O2S. The van der Waals surface area contributed by atoms with Crippen molar-refractivity contribution in [2.45, 2.75) is 13.5 Å². The molecule has 0 amide bonds. The first-order valence-corrected chi connectivity index (χ1v) is 9.17. The van der Waals surface area contributed by atoms with Gasteiger partial charge in [0.15, 0.2) is 11.5 Å². The van der Waals surface area contributed by atoms with E-state index in [0.717, 1.165) is 22.0 Å². The van der Waals surface area contributed by atoms with E-state index in [2.05, 4.69) is 15.5 Å². The smallest absolute Gasteiger partial charge is 0.161 e. The van der Waals surface area contributed by atoms with Crippen molar-refractivity contribution in [3.63, 3.8) is 0 Å². The van der Waals surface area contributed by atoms with Crippen LogP contribution in [0.2, 0.25) is 5.02 Å². The molecule has 0 fully saturated rings. The van der Waals surface area contributed by atoms with E-state index in [0.29, 0.717) is 23.1 Å².